The van der Waals surface area contributed by atoms with Gasteiger partial charge >= 0.3 is 0 Å². The Hall–Kier alpha value is -2.37. The minimum Gasteiger partial charge on any atom is -0.453 e. The lowest BCUT2D eigenvalue weighted by molar-refractivity contribution is 0.110. The highest BCUT2D eigenvalue weighted by atomic mass is 32.2. The average molecular weight is 337 g/mol. The first-order valence-electron chi connectivity index (χ1n) is 7.01. The molecule has 4 rings (SSSR count). The molecule has 0 aliphatic heterocycles. The summed E-state index contributed by atoms with van der Waals surface area (Å²) in [7, 11) is 0. The second kappa shape index (κ2) is 6.02. The summed E-state index contributed by atoms with van der Waals surface area (Å²) < 4.78 is 7.66. The van der Waals surface area contributed by atoms with Gasteiger partial charge in [0.15, 0.2) is 16.4 Å². The van der Waals surface area contributed by atoms with Crippen molar-refractivity contribution >= 4 is 39.6 Å². The van der Waals surface area contributed by atoms with Crippen molar-refractivity contribution in [2.24, 2.45) is 0 Å². The quantitative estimate of drug-likeness (QED) is 0.460. The van der Waals surface area contributed by atoms with E-state index in [9.17, 15) is 4.79 Å². The van der Waals surface area contributed by atoms with Gasteiger partial charge in [0.25, 0.3) is 0 Å². The van der Waals surface area contributed by atoms with Crippen molar-refractivity contribution in [3.05, 3.63) is 66.4 Å². The molecular formula is C18H11NO2S2. The second-order valence-electron chi connectivity index (χ2n) is 4.89. The van der Waals surface area contributed by atoms with Crippen LogP contribution in [0, 0.1) is 0 Å². The fourth-order valence-electron chi connectivity index (χ4n) is 2.25. The van der Waals surface area contributed by atoms with E-state index < -0.39 is 0 Å². The van der Waals surface area contributed by atoms with Crippen molar-refractivity contribution in [2.45, 2.75) is 9.24 Å². The molecule has 0 bridgehead atoms. The van der Waals surface area contributed by atoms with Crippen LogP contribution in [0.4, 0.5) is 0 Å². The Morgan fingerprint density at radius 2 is 1.83 bits per heavy atom. The van der Waals surface area contributed by atoms with E-state index in [1.165, 1.54) is 4.70 Å². The minimum absolute atomic E-state index is 0.341. The number of aldehydes is 1. The van der Waals surface area contributed by atoms with Gasteiger partial charge in [0.05, 0.1) is 10.2 Å². The predicted molar refractivity (Wildman–Crippen MR) is 93.3 cm³/mol. The van der Waals surface area contributed by atoms with E-state index in [-0.39, 0.29) is 0 Å². The highest BCUT2D eigenvalue weighted by molar-refractivity contribution is 8.01. The van der Waals surface area contributed by atoms with Crippen LogP contribution in [0.1, 0.15) is 10.6 Å². The van der Waals surface area contributed by atoms with Crippen molar-refractivity contribution in [1.29, 1.82) is 0 Å². The van der Waals surface area contributed by atoms with Gasteiger partial charge in [0, 0.05) is 10.5 Å². The highest BCUT2D eigenvalue weighted by Crippen LogP contribution is 2.35. The molecule has 112 valence electrons. The fourth-order valence-corrected chi connectivity index (χ4v) is 4.29. The molecule has 2 aromatic heterocycles. The van der Waals surface area contributed by atoms with Crippen LogP contribution in [-0.4, -0.2) is 11.3 Å². The number of benzene rings is 2. The maximum absolute atomic E-state index is 10.7. The normalized spacial score (nSPS) is 11.0. The topological polar surface area (TPSA) is 43.1 Å². The van der Waals surface area contributed by atoms with Gasteiger partial charge < -0.3 is 4.42 Å². The number of carbonyl (C=O) groups excluding carboxylic acids is 1. The monoisotopic (exact) mass is 337 g/mol. The van der Waals surface area contributed by atoms with Gasteiger partial charge in [-0.25, -0.2) is 4.98 Å². The predicted octanol–water partition coefficient (Wildman–Crippen LogP) is 5.52. The average Bonchev–Trinajstić information content (AvgIpc) is 3.21. The van der Waals surface area contributed by atoms with Gasteiger partial charge in [0.2, 0.25) is 0 Å². The zero-order valence-corrected chi connectivity index (χ0v) is 13.6. The summed E-state index contributed by atoms with van der Waals surface area (Å²) in [6.45, 7) is 0. The molecule has 0 aliphatic rings. The largest absolute Gasteiger partial charge is 0.453 e. The van der Waals surface area contributed by atoms with Gasteiger partial charge in [-0.2, -0.15) is 0 Å². The number of hydrogen-bond donors (Lipinski definition) is 0. The Morgan fingerprint density at radius 3 is 2.57 bits per heavy atom. The Balaban J connectivity index is 1.56. The number of thiazole rings is 1. The Kier molecular flexibility index (Phi) is 3.73. The van der Waals surface area contributed by atoms with Crippen LogP contribution in [0.2, 0.25) is 0 Å². The highest BCUT2D eigenvalue weighted by Gasteiger charge is 2.07. The molecule has 3 nitrogen and oxygen atoms in total. The van der Waals surface area contributed by atoms with Gasteiger partial charge in [0.1, 0.15) is 5.76 Å². The second-order valence-corrected chi connectivity index (χ2v) is 7.25. The van der Waals surface area contributed by atoms with Gasteiger partial charge in [-0.3, -0.25) is 4.79 Å². The summed E-state index contributed by atoms with van der Waals surface area (Å²) in [6.07, 6.45) is 0.709. The van der Waals surface area contributed by atoms with Crippen LogP contribution in [0.3, 0.4) is 0 Å². The molecule has 2 heterocycles. The zero-order chi connectivity index (χ0) is 15.6. The van der Waals surface area contributed by atoms with Crippen LogP contribution < -0.4 is 0 Å². The van der Waals surface area contributed by atoms with E-state index >= 15 is 0 Å². The molecule has 23 heavy (non-hydrogen) atoms. The number of aromatic nitrogens is 1. The molecule has 4 aromatic rings. The molecule has 0 spiro atoms. The molecule has 2 aromatic carbocycles. The number of para-hydroxylation sites is 1. The number of rotatable bonds is 4. The fraction of sp³-hybridized carbons (Fsp3) is 0. The number of nitrogens with zero attached hydrogens (tertiary/aromatic N) is 1. The van der Waals surface area contributed by atoms with E-state index in [0.717, 1.165) is 20.3 Å². The van der Waals surface area contributed by atoms with Crippen molar-refractivity contribution in [1.82, 2.24) is 4.98 Å². The van der Waals surface area contributed by atoms with E-state index in [1.54, 1.807) is 35.2 Å². The third kappa shape index (κ3) is 2.93. The van der Waals surface area contributed by atoms with Crippen molar-refractivity contribution in [2.75, 3.05) is 0 Å². The van der Waals surface area contributed by atoms with Crippen LogP contribution in [0.15, 0.2) is 74.3 Å². The molecule has 0 saturated heterocycles. The minimum atomic E-state index is 0.341. The first kappa shape index (κ1) is 14.2. The standard InChI is InChI=1S/C18H11NO2S2/c20-11-13-7-10-16(21-13)12-5-8-14(9-6-12)22-18-19-15-3-1-2-4-17(15)23-18/h1-11H. The summed E-state index contributed by atoms with van der Waals surface area (Å²) in [5.41, 5.74) is 1.99. The first-order chi connectivity index (χ1) is 11.3. The third-order valence-electron chi connectivity index (χ3n) is 3.36. The maximum atomic E-state index is 10.7. The zero-order valence-electron chi connectivity index (χ0n) is 11.9. The summed E-state index contributed by atoms with van der Waals surface area (Å²) in [5.74, 6) is 1.04. The molecule has 0 atom stereocenters. The molecule has 0 unspecified atom stereocenters. The number of carbonyl (C=O) groups is 1. The molecule has 0 saturated carbocycles. The smallest absolute Gasteiger partial charge is 0.185 e. The van der Waals surface area contributed by atoms with Crippen LogP contribution >= 0.6 is 23.1 Å². The van der Waals surface area contributed by atoms with E-state index in [2.05, 4.69) is 11.1 Å². The lowest BCUT2D eigenvalue weighted by atomic mass is 10.2. The Bertz CT molecular complexity index is 937. The van der Waals surface area contributed by atoms with Crippen LogP contribution in [-0.2, 0) is 0 Å². The summed E-state index contributed by atoms with van der Waals surface area (Å²) in [4.78, 5) is 16.4. The molecule has 5 heteroatoms. The summed E-state index contributed by atoms with van der Waals surface area (Å²) in [5, 5.41) is 0. The molecule has 0 amide bonds. The SMILES string of the molecule is O=Cc1ccc(-c2ccc(Sc3nc4ccccc4s3)cc2)o1. The van der Waals surface area contributed by atoms with Crippen molar-refractivity contribution < 1.29 is 9.21 Å². The number of fused-ring (bicyclic) bond motifs is 1. The van der Waals surface area contributed by atoms with E-state index in [0.29, 0.717) is 17.8 Å². The first-order valence-corrected chi connectivity index (χ1v) is 8.64. The van der Waals surface area contributed by atoms with E-state index in [1.807, 2.05) is 42.5 Å². The molecular weight excluding hydrogens is 326 g/mol. The Labute approximate surface area is 141 Å². The van der Waals surface area contributed by atoms with Gasteiger partial charge in [-0.1, -0.05) is 36.0 Å². The van der Waals surface area contributed by atoms with E-state index in [4.69, 9.17) is 4.42 Å². The van der Waals surface area contributed by atoms with Crippen LogP contribution in [0.25, 0.3) is 21.5 Å². The molecule has 0 radical (unpaired) electrons. The van der Waals surface area contributed by atoms with Crippen LogP contribution in [0.5, 0.6) is 0 Å². The third-order valence-corrected chi connectivity index (χ3v) is 5.47. The number of hydrogen-bond acceptors (Lipinski definition) is 5. The summed E-state index contributed by atoms with van der Waals surface area (Å²) in [6, 6.07) is 19.7. The lowest BCUT2D eigenvalue weighted by Crippen LogP contribution is -1.76. The Morgan fingerprint density at radius 1 is 1.00 bits per heavy atom. The lowest BCUT2D eigenvalue weighted by Gasteiger charge is -2.00. The van der Waals surface area contributed by atoms with Gasteiger partial charge in [-0.15, -0.1) is 11.3 Å². The number of furan rings is 1. The van der Waals surface area contributed by atoms with Crippen molar-refractivity contribution in [3.63, 3.8) is 0 Å². The van der Waals surface area contributed by atoms with Crippen molar-refractivity contribution in [3.8, 4) is 11.3 Å². The molecule has 0 N–H and O–H groups in total. The summed E-state index contributed by atoms with van der Waals surface area (Å²) >= 11 is 3.34. The van der Waals surface area contributed by atoms with Gasteiger partial charge in [-0.05, 0) is 36.4 Å². The molecule has 0 aliphatic carbocycles. The molecule has 0 fully saturated rings. The maximum Gasteiger partial charge on any atom is 0.185 e.